The molecule has 7 heteroatoms. The van der Waals surface area contributed by atoms with Gasteiger partial charge in [0.2, 0.25) is 11.8 Å². The van der Waals surface area contributed by atoms with Crippen LogP contribution in [-0.2, 0) is 9.59 Å². The molecule has 0 radical (unpaired) electrons. The average Bonchev–Trinajstić information content (AvgIpc) is 2.55. The fraction of sp³-hybridized carbons (Fsp3) is 0.556. The number of hydrogen-bond donors (Lipinski definition) is 3. The van der Waals surface area contributed by atoms with Gasteiger partial charge in [-0.25, -0.2) is 0 Å². The zero-order chi connectivity index (χ0) is 17.5. The minimum absolute atomic E-state index is 0. The molecule has 0 aromatic heterocycles. The van der Waals surface area contributed by atoms with E-state index in [9.17, 15) is 9.59 Å². The molecule has 1 aromatic carbocycles. The van der Waals surface area contributed by atoms with Crippen LogP contribution >= 0.6 is 28.3 Å². The summed E-state index contributed by atoms with van der Waals surface area (Å²) >= 11 is 3.40. The highest BCUT2D eigenvalue weighted by Gasteiger charge is 2.26. The standard InChI is InChI=1S/C18H26BrN3O2.ClH/c1-12(23)21-17(13-6-8-15(19)9-7-13)10-18(24)22-16-5-3-2-4-14(16)11-20;/h6-9,14,16-17H,2-5,10-11,20H2,1H3,(H,21,23)(H,22,24);1H. The molecule has 1 aliphatic carbocycles. The maximum atomic E-state index is 12.5. The third-order valence-electron chi connectivity index (χ3n) is 4.60. The van der Waals surface area contributed by atoms with Crippen molar-refractivity contribution in [2.75, 3.05) is 6.54 Å². The minimum atomic E-state index is -0.324. The first kappa shape index (κ1) is 21.9. The first-order valence-corrected chi connectivity index (χ1v) is 9.31. The summed E-state index contributed by atoms with van der Waals surface area (Å²) in [6.45, 7) is 2.07. The van der Waals surface area contributed by atoms with Crippen LogP contribution in [0.5, 0.6) is 0 Å². The second-order valence-electron chi connectivity index (χ2n) is 6.46. The summed E-state index contributed by atoms with van der Waals surface area (Å²) in [6, 6.07) is 7.48. The number of nitrogens with two attached hydrogens (primary N) is 1. The van der Waals surface area contributed by atoms with E-state index in [2.05, 4.69) is 26.6 Å². The maximum Gasteiger partial charge on any atom is 0.222 e. The predicted molar refractivity (Wildman–Crippen MR) is 106 cm³/mol. The third-order valence-corrected chi connectivity index (χ3v) is 5.13. The Balaban J connectivity index is 0.00000312. The largest absolute Gasteiger partial charge is 0.353 e. The SMILES string of the molecule is CC(=O)NC(CC(=O)NC1CCCCC1CN)c1ccc(Br)cc1.Cl. The van der Waals surface area contributed by atoms with Crippen LogP contribution < -0.4 is 16.4 Å². The van der Waals surface area contributed by atoms with Crippen LogP contribution in [0, 0.1) is 5.92 Å². The smallest absolute Gasteiger partial charge is 0.222 e. The molecule has 2 amide bonds. The van der Waals surface area contributed by atoms with E-state index in [0.717, 1.165) is 29.3 Å². The van der Waals surface area contributed by atoms with E-state index in [1.807, 2.05) is 24.3 Å². The summed E-state index contributed by atoms with van der Waals surface area (Å²) in [4.78, 5) is 24.0. The van der Waals surface area contributed by atoms with Crippen LogP contribution in [0.1, 0.15) is 50.6 Å². The van der Waals surface area contributed by atoms with E-state index in [0.29, 0.717) is 12.5 Å². The van der Waals surface area contributed by atoms with Crippen molar-refractivity contribution in [3.8, 4) is 0 Å². The number of amides is 2. The van der Waals surface area contributed by atoms with Crippen LogP contribution in [0.2, 0.25) is 0 Å². The quantitative estimate of drug-likeness (QED) is 0.646. The van der Waals surface area contributed by atoms with Gasteiger partial charge >= 0.3 is 0 Å². The average molecular weight is 433 g/mol. The van der Waals surface area contributed by atoms with E-state index in [1.165, 1.54) is 13.3 Å². The molecule has 4 N–H and O–H groups in total. The molecule has 1 aliphatic rings. The summed E-state index contributed by atoms with van der Waals surface area (Å²) < 4.78 is 0.963. The Morgan fingerprint density at radius 1 is 1.24 bits per heavy atom. The third kappa shape index (κ3) is 6.96. The van der Waals surface area contributed by atoms with Gasteiger partial charge in [-0.15, -0.1) is 12.4 Å². The van der Waals surface area contributed by atoms with Gasteiger partial charge in [0.25, 0.3) is 0 Å². The molecular weight excluding hydrogens is 406 g/mol. The molecule has 2 rings (SSSR count). The number of nitrogens with one attached hydrogen (secondary N) is 2. The lowest BCUT2D eigenvalue weighted by Crippen LogP contribution is -2.45. The van der Waals surface area contributed by atoms with Crippen LogP contribution in [0.3, 0.4) is 0 Å². The fourth-order valence-corrected chi connectivity index (χ4v) is 3.59. The van der Waals surface area contributed by atoms with E-state index in [-0.39, 0.29) is 42.7 Å². The highest BCUT2D eigenvalue weighted by molar-refractivity contribution is 9.10. The molecule has 25 heavy (non-hydrogen) atoms. The number of carbonyl (C=O) groups excluding carboxylic acids is 2. The van der Waals surface area contributed by atoms with Gasteiger partial charge < -0.3 is 16.4 Å². The van der Waals surface area contributed by atoms with Gasteiger partial charge in [-0.1, -0.05) is 40.9 Å². The fourth-order valence-electron chi connectivity index (χ4n) is 3.32. The Kier molecular flexibility index (Phi) is 9.46. The van der Waals surface area contributed by atoms with E-state index in [1.54, 1.807) is 0 Å². The van der Waals surface area contributed by atoms with E-state index < -0.39 is 0 Å². The first-order chi connectivity index (χ1) is 11.5. The van der Waals surface area contributed by atoms with E-state index in [4.69, 9.17) is 5.73 Å². The molecule has 0 saturated heterocycles. The first-order valence-electron chi connectivity index (χ1n) is 8.51. The second kappa shape index (κ2) is 10.8. The summed E-state index contributed by atoms with van der Waals surface area (Å²) in [5, 5.41) is 5.99. The molecular formula is C18H27BrClN3O2. The van der Waals surface area contributed by atoms with Crippen molar-refractivity contribution in [2.45, 2.75) is 51.1 Å². The van der Waals surface area contributed by atoms with Crippen molar-refractivity contribution < 1.29 is 9.59 Å². The van der Waals surface area contributed by atoms with Gasteiger partial charge in [0.05, 0.1) is 12.5 Å². The summed E-state index contributed by atoms with van der Waals surface area (Å²) in [5.74, 6) is 0.171. The van der Waals surface area contributed by atoms with Gasteiger partial charge in [-0.2, -0.15) is 0 Å². The van der Waals surface area contributed by atoms with Crippen molar-refractivity contribution in [1.29, 1.82) is 0 Å². The molecule has 1 fully saturated rings. The Bertz CT molecular complexity index is 568. The molecule has 3 unspecified atom stereocenters. The van der Waals surface area contributed by atoms with Crippen molar-refractivity contribution >= 4 is 40.2 Å². The van der Waals surface area contributed by atoms with Crippen molar-refractivity contribution in [1.82, 2.24) is 10.6 Å². The van der Waals surface area contributed by atoms with Gasteiger partial charge in [-0.05, 0) is 43.0 Å². The molecule has 5 nitrogen and oxygen atoms in total. The minimum Gasteiger partial charge on any atom is -0.353 e. The Labute approximate surface area is 164 Å². The van der Waals surface area contributed by atoms with Gasteiger partial charge in [-0.3, -0.25) is 9.59 Å². The number of hydrogen-bond acceptors (Lipinski definition) is 3. The summed E-state index contributed by atoms with van der Waals surface area (Å²) in [7, 11) is 0. The van der Waals surface area contributed by atoms with Gasteiger partial charge in [0.1, 0.15) is 0 Å². The highest BCUT2D eigenvalue weighted by Crippen LogP contribution is 2.24. The molecule has 0 bridgehead atoms. The number of benzene rings is 1. The van der Waals surface area contributed by atoms with Gasteiger partial charge in [0, 0.05) is 17.4 Å². The number of rotatable bonds is 6. The molecule has 1 saturated carbocycles. The zero-order valence-corrected chi connectivity index (χ0v) is 16.9. The van der Waals surface area contributed by atoms with Crippen LogP contribution in [0.25, 0.3) is 0 Å². The number of carbonyl (C=O) groups is 2. The van der Waals surface area contributed by atoms with Crippen molar-refractivity contribution in [2.24, 2.45) is 11.7 Å². The van der Waals surface area contributed by atoms with Crippen LogP contribution in [0.4, 0.5) is 0 Å². The molecule has 0 heterocycles. The molecule has 0 spiro atoms. The Hall–Kier alpha value is -1.11. The zero-order valence-electron chi connectivity index (χ0n) is 14.5. The molecule has 0 aliphatic heterocycles. The van der Waals surface area contributed by atoms with Crippen LogP contribution in [-0.4, -0.2) is 24.4 Å². The van der Waals surface area contributed by atoms with Crippen molar-refractivity contribution in [3.63, 3.8) is 0 Å². The topological polar surface area (TPSA) is 84.2 Å². The van der Waals surface area contributed by atoms with Crippen LogP contribution in [0.15, 0.2) is 28.7 Å². The second-order valence-corrected chi connectivity index (χ2v) is 7.38. The predicted octanol–water partition coefficient (Wildman–Crippen LogP) is 3.07. The summed E-state index contributed by atoms with van der Waals surface area (Å²) in [5.41, 5.74) is 6.75. The lowest BCUT2D eigenvalue weighted by molar-refractivity contribution is -0.123. The van der Waals surface area contributed by atoms with Gasteiger partial charge in [0.15, 0.2) is 0 Å². The monoisotopic (exact) mass is 431 g/mol. The summed E-state index contributed by atoms with van der Waals surface area (Å²) in [6.07, 6.45) is 4.60. The maximum absolute atomic E-state index is 12.5. The lowest BCUT2D eigenvalue weighted by atomic mass is 9.84. The van der Waals surface area contributed by atoms with Crippen molar-refractivity contribution in [3.05, 3.63) is 34.3 Å². The Morgan fingerprint density at radius 3 is 2.48 bits per heavy atom. The Morgan fingerprint density at radius 2 is 1.88 bits per heavy atom. The highest BCUT2D eigenvalue weighted by atomic mass is 79.9. The lowest BCUT2D eigenvalue weighted by Gasteiger charge is -2.31. The molecule has 140 valence electrons. The molecule has 1 aromatic rings. The number of halogens is 2. The van der Waals surface area contributed by atoms with E-state index >= 15 is 0 Å². The molecule has 3 atom stereocenters. The normalized spacial score (nSPS) is 20.9.